The Kier molecular flexibility index (Phi) is 11.2. The zero-order valence-corrected chi connectivity index (χ0v) is 18.1. The van der Waals surface area contributed by atoms with Gasteiger partial charge in [0.05, 0.1) is 7.11 Å². The molecule has 1 aromatic carbocycles. The van der Waals surface area contributed by atoms with Gasteiger partial charge in [-0.15, -0.1) is 0 Å². The fourth-order valence-electron chi connectivity index (χ4n) is 2.76. The summed E-state index contributed by atoms with van der Waals surface area (Å²) in [7, 11) is 1.22. The molecule has 0 spiro atoms. The number of nitrogens with one attached hydrogen (secondary N) is 2. The van der Waals surface area contributed by atoms with Crippen molar-refractivity contribution in [2.75, 3.05) is 7.11 Å². The number of benzene rings is 1. The van der Waals surface area contributed by atoms with Crippen LogP contribution < -0.4 is 10.6 Å². The Hall–Kier alpha value is -2.90. The summed E-state index contributed by atoms with van der Waals surface area (Å²) in [5.74, 6) is -1.07. The van der Waals surface area contributed by atoms with Gasteiger partial charge in [0, 0.05) is 12.8 Å². The number of carbonyl (C=O) groups is 4. The third-order valence-electron chi connectivity index (χ3n) is 4.44. The topological polar surface area (TPSA) is 111 Å². The molecule has 166 valence electrons. The molecule has 2 atom stereocenters. The summed E-state index contributed by atoms with van der Waals surface area (Å²) in [6.45, 7) is 5.63. The first-order valence-electron chi connectivity index (χ1n) is 10.1. The van der Waals surface area contributed by atoms with Gasteiger partial charge in [-0.1, -0.05) is 51.1 Å². The Morgan fingerprint density at radius 2 is 1.67 bits per heavy atom. The highest BCUT2D eigenvalue weighted by Gasteiger charge is 2.28. The quantitative estimate of drug-likeness (QED) is 0.503. The lowest BCUT2D eigenvalue weighted by Gasteiger charge is -2.23. The van der Waals surface area contributed by atoms with Gasteiger partial charge in [-0.25, -0.2) is 9.59 Å². The van der Waals surface area contributed by atoms with E-state index in [2.05, 4.69) is 10.6 Å². The Morgan fingerprint density at radius 3 is 2.23 bits per heavy atom. The Balaban J connectivity index is 2.73. The number of amides is 2. The van der Waals surface area contributed by atoms with E-state index in [4.69, 9.17) is 9.47 Å². The number of rotatable bonds is 12. The third kappa shape index (κ3) is 9.54. The zero-order chi connectivity index (χ0) is 22.5. The Bertz CT molecular complexity index is 705. The number of hydrogen-bond acceptors (Lipinski definition) is 6. The van der Waals surface area contributed by atoms with Crippen LogP contribution in [-0.4, -0.2) is 42.9 Å². The van der Waals surface area contributed by atoms with E-state index in [-0.39, 0.29) is 31.1 Å². The first-order chi connectivity index (χ1) is 14.3. The molecule has 8 heteroatoms. The van der Waals surface area contributed by atoms with Gasteiger partial charge in [0.2, 0.25) is 5.91 Å². The largest absolute Gasteiger partial charge is 0.467 e. The van der Waals surface area contributed by atoms with E-state index in [1.165, 1.54) is 7.11 Å². The Labute approximate surface area is 177 Å². The van der Waals surface area contributed by atoms with Crippen molar-refractivity contribution in [1.29, 1.82) is 0 Å². The first-order valence-corrected chi connectivity index (χ1v) is 10.1. The number of alkyl carbamates (subject to hydrolysis) is 1. The second-order valence-electron chi connectivity index (χ2n) is 7.40. The summed E-state index contributed by atoms with van der Waals surface area (Å²) in [4.78, 5) is 48.6. The highest BCUT2D eigenvalue weighted by Crippen LogP contribution is 2.09. The smallest absolute Gasteiger partial charge is 0.408 e. The van der Waals surface area contributed by atoms with E-state index in [9.17, 15) is 19.2 Å². The molecule has 2 amide bonds. The maximum absolute atomic E-state index is 12.8. The fraction of sp³-hybridized carbons (Fsp3) is 0.545. The molecule has 30 heavy (non-hydrogen) atoms. The van der Waals surface area contributed by atoms with Crippen molar-refractivity contribution in [2.45, 2.75) is 65.1 Å². The van der Waals surface area contributed by atoms with Gasteiger partial charge in [-0.2, -0.15) is 0 Å². The lowest BCUT2D eigenvalue weighted by atomic mass is 10.0. The molecule has 0 saturated carbocycles. The summed E-state index contributed by atoms with van der Waals surface area (Å²) < 4.78 is 9.92. The van der Waals surface area contributed by atoms with Crippen LogP contribution in [0.25, 0.3) is 0 Å². The van der Waals surface area contributed by atoms with Crippen molar-refractivity contribution >= 4 is 23.8 Å². The summed E-state index contributed by atoms with van der Waals surface area (Å²) in [6.07, 6.45) is 0.270. The fourth-order valence-corrected chi connectivity index (χ4v) is 2.76. The van der Waals surface area contributed by atoms with E-state index < -0.39 is 30.1 Å². The van der Waals surface area contributed by atoms with Crippen molar-refractivity contribution in [1.82, 2.24) is 10.6 Å². The summed E-state index contributed by atoms with van der Waals surface area (Å²) in [6, 6.07) is 7.33. The number of esters is 1. The molecule has 0 fully saturated rings. The molecule has 0 radical (unpaired) electrons. The lowest BCUT2D eigenvalue weighted by molar-refractivity contribution is -0.145. The number of ketones is 1. The minimum Gasteiger partial charge on any atom is -0.467 e. The van der Waals surface area contributed by atoms with Crippen molar-refractivity contribution in [3.63, 3.8) is 0 Å². The number of Topliss-reactive ketones (excluding diaryl/α,β-unsaturated/α-hetero) is 1. The number of carbonyl (C=O) groups excluding carboxylic acids is 4. The molecule has 8 nitrogen and oxygen atoms in total. The zero-order valence-electron chi connectivity index (χ0n) is 18.1. The average Bonchev–Trinajstić information content (AvgIpc) is 2.74. The molecular weight excluding hydrogens is 388 g/mol. The van der Waals surface area contributed by atoms with E-state index >= 15 is 0 Å². The highest BCUT2D eigenvalue weighted by atomic mass is 16.5. The molecule has 0 aliphatic carbocycles. The van der Waals surface area contributed by atoms with Crippen molar-refractivity contribution in [2.24, 2.45) is 5.92 Å². The van der Waals surface area contributed by atoms with Crippen LogP contribution in [-0.2, 0) is 30.5 Å². The predicted molar refractivity (Wildman–Crippen MR) is 111 cm³/mol. The first kappa shape index (κ1) is 25.1. The molecule has 0 aromatic heterocycles. The van der Waals surface area contributed by atoms with Crippen LogP contribution in [0.5, 0.6) is 0 Å². The Morgan fingerprint density at radius 1 is 1.00 bits per heavy atom. The van der Waals surface area contributed by atoms with Gasteiger partial charge in [-0.3, -0.25) is 9.59 Å². The van der Waals surface area contributed by atoms with Crippen molar-refractivity contribution in [3.05, 3.63) is 35.9 Å². The van der Waals surface area contributed by atoms with Gasteiger partial charge < -0.3 is 20.1 Å². The van der Waals surface area contributed by atoms with Crippen LogP contribution >= 0.6 is 0 Å². The molecule has 0 bridgehead atoms. The van der Waals surface area contributed by atoms with Gasteiger partial charge in [0.25, 0.3) is 0 Å². The summed E-state index contributed by atoms with van der Waals surface area (Å²) >= 11 is 0. The van der Waals surface area contributed by atoms with Gasteiger partial charge >= 0.3 is 12.1 Å². The molecule has 0 aliphatic heterocycles. The minimum absolute atomic E-state index is 0.0144. The lowest BCUT2D eigenvalue weighted by Crippen LogP contribution is -2.52. The second kappa shape index (κ2) is 13.3. The maximum Gasteiger partial charge on any atom is 0.408 e. The molecule has 0 heterocycles. The summed E-state index contributed by atoms with van der Waals surface area (Å²) in [5.41, 5.74) is 0.823. The van der Waals surface area contributed by atoms with Crippen LogP contribution in [0, 0.1) is 5.92 Å². The van der Waals surface area contributed by atoms with Gasteiger partial charge in [-0.05, 0) is 24.3 Å². The van der Waals surface area contributed by atoms with E-state index in [0.717, 1.165) is 5.56 Å². The van der Waals surface area contributed by atoms with E-state index in [0.29, 0.717) is 12.8 Å². The standard InChI is InChI=1S/C22H32N2O6/c1-5-17(25)11-12-18(21(27)29-4)23-20(26)19(13-15(2)3)24-22(28)30-14-16-9-7-6-8-10-16/h6-10,15,18-19H,5,11-14H2,1-4H3,(H,23,26)(H,24,28)/t18-,19-/m0/s1. The average molecular weight is 421 g/mol. The molecular formula is C22H32N2O6. The highest BCUT2D eigenvalue weighted by molar-refractivity contribution is 5.90. The van der Waals surface area contributed by atoms with Crippen molar-refractivity contribution in [3.8, 4) is 0 Å². The number of hydrogen-bond donors (Lipinski definition) is 2. The number of methoxy groups -OCH3 is 1. The monoisotopic (exact) mass is 420 g/mol. The van der Waals surface area contributed by atoms with Gasteiger partial charge in [0.1, 0.15) is 24.5 Å². The normalized spacial score (nSPS) is 12.6. The predicted octanol–water partition coefficient (Wildman–Crippen LogP) is 2.74. The third-order valence-corrected chi connectivity index (χ3v) is 4.44. The SMILES string of the molecule is CCC(=O)CC[C@H](NC(=O)[C@H](CC(C)C)NC(=O)OCc1ccccc1)C(=O)OC. The molecule has 1 rings (SSSR count). The number of ether oxygens (including phenoxy) is 2. The van der Waals surface area contributed by atoms with Crippen LogP contribution in [0.1, 0.15) is 52.0 Å². The van der Waals surface area contributed by atoms with Crippen LogP contribution in [0.15, 0.2) is 30.3 Å². The second-order valence-corrected chi connectivity index (χ2v) is 7.40. The van der Waals surface area contributed by atoms with Crippen LogP contribution in [0.4, 0.5) is 4.79 Å². The van der Waals surface area contributed by atoms with Crippen LogP contribution in [0.3, 0.4) is 0 Å². The molecule has 0 saturated heterocycles. The molecule has 2 N–H and O–H groups in total. The van der Waals surface area contributed by atoms with E-state index in [1.54, 1.807) is 6.92 Å². The molecule has 0 aliphatic rings. The molecule has 1 aromatic rings. The van der Waals surface area contributed by atoms with Crippen molar-refractivity contribution < 1.29 is 28.7 Å². The minimum atomic E-state index is -0.963. The van der Waals surface area contributed by atoms with Gasteiger partial charge in [0.15, 0.2) is 0 Å². The maximum atomic E-state index is 12.8. The molecule has 0 unspecified atom stereocenters. The summed E-state index contributed by atoms with van der Waals surface area (Å²) in [5, 5.41) is 5.16. The van der Waals surface area contributed by atoms with Crippen LogP contribution in [0.2, 0.25) is 0 Å². The van der Waals surface area contributed by atoms with E-state index in [1.807, 2.05) is 44.2 Å².